The lowest BCUT2D eigenvalue weighted by Crippen LogP contribution is -2.05. The summed E-state index contributed by atoms with van der Waals surface area (Å²) in [6.45, 7) is 2.27. The predicted octanol–water partition coefficient (Wildman–Crippen LogP) is 4.18. The molecule has 1 aromatic rings. The third-order valence-corrected chi connectivity index (χ3v) is 4.11. The van der Waals surface area contributed by atoms with Gasteiger partial charge >= 0.3 is 0 Å². The van der Waals surface area contributed by atoms with Crippen molar-refractivity contribution >= 4 is 27.7 Å². The molecule has 13 heavy (non-hydrogen) atoms. The first kappa shape index (κ1) is 9.35. The van der Waals surface area contributed by atoms with Crippen LogP contribution in [0.4, 0.5) is 0 Å². The van der Waals surface area contributed by atoms with Crippen LogP contribution in [0.3, 0.4) is 0 Å². The summed E-state index contributed by atoms with van der Waals surface area (Å²) in [6.07, 6.45) is 2.29. The molecule has 0 nitrogen and oxygen atoms in total. The lowest BCUT2D eigenvalue weighted by Gasteiger charge is -2.15. The van der Waals surface area contributed by atoms with Crippen molar-refractivity contribution in [2.24, 2.45) is 0 Å². The largest absolute Gasteiger partial charge is 0.130 e. The Morgan fingerprint density at radius 1 is 1.31 bits per heavy atom. The van der Waals surface area contributed by atoms with Crippen LogP contribution in [0, 0.1) is 0 Å². The zero-order valence-electron chi connectivity index (χ0n) is 7.41. The van der Waals surface area contributed by atoms with Gasteiger partial charge in [0.05, 0.1) is 0 Å². The van der Waals surface area contributed by atoms with Crippen molar-refractivity contribution in [2.75, 3.05) is 0 Å². The second kappa shape index (κ2) is 3.89. The Hall–Kier alpha value is -0.210. The van der Waals surface area contributed by atoms with Gasteiger partial charge in [0.25, 0.3) is 0 Å². The van der Waals surface area contributed by atoms with E-state index in [4.69, 9.17) is 0 Å². The van der Waals surface area contributed by atoms with Crippen LogP contribution >= 0.6 is 27.7 Å². The van der Waals surface area contributed by atoms with Crippen molar-refractivity contribution in [1.82, 2.24) is 0 Å². The molecule has 0 saturated heterocycles. The molecule has 0 N–H and O–H groups in total. The maximum absolute atomic E-state index is 3.59. The molecular weight excluding hydrogens is 244 g/mol. The average molecular weight is 255 g/mol. The quantitative estimate of drug-likeness (QED) is 0.725. The molecule has 2 rings (SSSR count). The fourth-order valence-corrected chi connectivity index (χ4v) is 3.06. The predicted molar refractivity (Wildman–Crippen MR) is 63.1 cm³/mol. The summed E-state index contributed by atoms with van der Waals surface area (Å²) in [4.78, 5) is 0. The Labute approximate surface area is 91.6 Å². The van der Waals surface area contributed by atoms with E-state index in [1.54, 1.807) is 0 Å². The number of hydrogen-bond donors (Lipinski definition) is 0. The van der Waals surface area contributed by atoms with E-state index in [0.29, 0.717) is 11.2 Å². The highest BCUT2D eigenvalue weighted by molar-refractivity contribution is 9.10. The van der Waals surface area contributed by atoms with Crippen LogP contribution in [0.2, 0.25) is 0 Å². The van der Waals surface area contributed by atoms with E-state index in [2.05, 4.69) is 58.6 Å². The first-order chi connectivity index (χ1) is 6.29. The van der Waals surface area contributed by atoms with Gasteiger partial charge < -0.3 is 0 Å². The molecule has 0 saturated carbocycles. The van der Waals surface area contributed by atoms with Gasteiger partial charge in [-0.15, -0.1) is 11.8 Å². The summed E-state index contributed by atoms with van der Waals surface area (Å²) in [5.41, 5.74) is 1.40. The zero-order chi connectivity index (χ0) is 9.26. The molecule has 1 heterocycles. The maximum Gasteiger partial charge on any atom is 0.0213 e. The molecule has 68 valence electrons. The van der Waals surface area contributed by atoms with Crippen LogP contribution in [0.5, 0.6) is 0 Å². The van der Waals surface area contributed by atoms with Gasteiger partial charge in [-0.1, -0.05) is 47.1 Å². The van der Waals surface area contributed by atoms with Gasteiger partial charge in [-0.05, 0) is 17.0 Å². The van der Waals surface area contributed by atoms with Crippen molar-refractivity contribution in [3.05, 3.63) is 45.8 Å². The summed E-state index contributed by atoms with van der Waals surface area (Å²) < 4.78 is 1.22. The average Bonchev–Trinajstić information content (AvgIpc) is 2.52. The summed E-state index contributed by atoms with van der Waals surface area (Å²) in [6, 6.07) is 8.47. The molecule has 0 fully saturated rings. The molecule has 0 bridgehead atoms. The normalized spacial score (nSPS) is 26.6. The Morgan fingerprint density at radius 2 is 2.08 bits per heavy atom. The van der Waals surface area contributed by atoms with Crippen LogP contribution < -0.4 is 0 Å². The fourth-order valence-electron chi connectivity index (χ4n) is 1.60. The van der Waals surface area contributed by atoms with E-state index >= 15 is 0 Å². The monoisotopic (exact) mass is 254 g/mol. The molecule has 1 aliphatic heterocycles. The lowest BCUT2D eigenvalue weighted by molar-refractivity contribution is 0.835. The van der Waals surface area contributed by atoms with Crippen LogP contribution in [0.25, 0.3) is 0 Å². The van der Waals surface area contributed by atoms with Crippen LogP contribution in [-0.2, 0) is 0 Å². The van der Waals surface area contributed by atoms with E-state index in [1.165, 1.54) is 10.0 Å². The van der Waals surface area contributed by atoms with Gasteiger partial charge in [0.1, 0.15) is 0 Å². The minimum Gasteiger partial charge on any atom is -0.130 e. The molecule has 2 unspecified atom stereocenters. The minimum atomic E-state index is 0.570. The van der Waals surface area contributed by atoms with E-state index < -0.39 is 0 Å². The number of rotatable bonds is 1. The van der Waals surface area contributed by atoms with Crippen LogP contribution in [0.15, 0.2) is 40.2 Å². The number of halogens is 1. The van der Waals surface area contributed by atoms with Gasteiger partial charge in [-0.25, -0.2) is 0 Å². The number of hydrogen-bond acceptors (Lipinski definition) is 1. The van der Waals surface area contributed by atoms with Crippen molar-refractivity contribution in [1.29, 1.82) is 0 Å². The molecule has 0 amide bonds. The number of benzene rings is 1. The third kappa shape index (κ3) is 1.84. The molecule has 0 aromatic heterocycles. The van der Waals surface area contributed by atoms with E-state index in [9.17, 15) is 0 Å². The third-order valence-electron chi connectivity index (χ3n) is 2.35. The Bertz CT molecular complexity index is 333. The molecule has 0 aliphatic carbocycles. The topological polar surface area (TPSA) is 0 Å². The fraction of sp³-hybridized carbons (Fsp3) is 0.273. The van der Waals surface area contributed by atoms with E-state index in [1.807, 2.05) is 11.8 Å². The smallest absolute Gasteiger partial charge is 0.0213 e. The van der Waals surface area contributed by atoms with Crippen molar-refractivity contribution in [3.8, 4) is 0 Å². The Kier molecular flexibility index (Phi) is 2.80. The van der Waals surface area contributed by atoms with E-state index in [0.717, 1.165) is 0 Å². The maximum atomic E-state index is 3.59. The highest BCUT2D eigenvalue weighted by Crippen LogP contribution is 2.39. The lowest BCUT2D eigenvalue weighted by atomic mass is 9.97. The molecule has 2 atom stereocenters. The first-order valence-electron chi connectivity index (χ1n) is 4.35. The molecule has 1 aliphatic rings. The van der Waals surface area contributed by atoms with Crippen molar-refractivity contribution in [3.63, 3.8) is 0 Å². The highest BCUT2D eigenvalue weighted by atomic mass is 79.9. The highest BCUT2D eigenvalue weighted by Gasteiger charge is 2.22. The summed E-state index contributed by atoms with van der Waals surface area (Å²) in [5, 5.41) is 2.87. The number of allylic oxidation sites excluding steroid dienone is 1. The van der Waals surface area contributed by atoms with Gasteiger partial charge in [-0.2, -0.15) is 0 Å². The Balaban J connectivity index is 2.35. The molecule has 0 radical (unpaired) electrons. The van der Waals surface area contributed by atoms with Gasteiger partial charge in [0.15, 0.2) is 0 Å². The zero-order valence-corrected chi connectivity index (χ0v) is 9.81. The molecular formula is C11H11BrS. The van der Waals surface area contributed by atoms with Crippen LogP contribution in [-0.4, -0.2) is 5.25 Å². The second-order valence-corrected chi connectivity index (χ2v) is 5.36. The van der Waals surface area contributed by atoms with Crippen molar-refractivity contribution in [2.45, 2.75) is 18.1 Å². The van der Waals surface area contributed by atoms with Gasteiger partial charge in [0.2, 0.25) is 0 Å². The summed E-state index contributed by atoms with van der Waals surface area (Å²) in [5.74, 6) is 0.570. The summed E-state index contributed by atoms with van der Waals surface area (Å²) >= 11 is 5.50. The number of thioether (sulfide) groups is 1. The standard InChI is InChI=1S/C11H11BrS/c1-8-9(6-7-13-8)10-4-2-3-5-11(10)12/h2-9H,1H3. The minimum absolute atomic E-state index is 0.570. The SMILES string of the molecule is CC1SC=CC1c1ccccc1Br. The molecule has 1 aromatic carbocycles. The molecule has 0 spiro atoms. The first-order valence-corrected chi connectivity index (χ1v) is 6.09. The van der Waals surface area contributed by atoms with Gasteiger partial charge in [0, 0.05) is 15.6 Å². The van der Waals surface area contributed by atoms with Crippen LogP contribution in [0.1, 0.15) is 18.4 Å². The van der Waals surface area contributed by atoms with E-state index in [-0.39, 0.29) is 0 Å². The second-order valence-electron chi connectivity index (χ2n) is 3.22. The Morgan fingerprint density at radius 3 is 2.69 bits per heavy atom. The molecule has 2 heteroatoms. The van der Waals surface area contributed by atoms with Crippen molar-refractivity contribution < 1.29 is 0 Å². The van der Waals surface area contributed by atoms with Gasteiger partial charge in [-0.3, -0.25) is 0 Å². The summed E-state index contributed by atoms with van der Waals surface area (Å²) in [7, 11) is 0.